The Labute approximate surface area is 131 Å². The van der Waals surface area contributed by atoms with Gasteiger partial charge < -0.3 is 15.8 Å². The molecule has 0 unspecified atom stereocenters. The van der Waals surface area contributed by atoms with Crippen LogP contribution in [0, 0.1) is 5.92 Å². The van der Waals surface area contributed by atoms with Gasteiger partial charge in [-0.1, -0.05) is 25.4 Å². The first-order valence-electron chi connectivity index (χ1n) is 6.30. The summed E-state index contributed by atoms with van der Waals surface area (Å²) in [7, 11) is 0. The Morgan fingerprint density at radius 1 is 1.38 bits per heavy atom. The Bertz CT molecular complexity index is 530. The van der Waals surface area contributed by atoms with Gasteiger partial charge in [0.15, 0.2) is 6.61 Å². The van der Waals surface area contributed by atoms with E-state index in [9.17, 15) is 14.4 Å². The molecule has 0 aliphatic rings. The summed E-state index contributed by atoms with van der Waals surface area (Å²) in [6.45, 7) is 3.38. The number of ketones is 1. The molecule has 6 nitrogen and oxygen atoms in total. The van der Waals surface area contributed by atoms with Crippen LogP contribution in [0.3, 0.4) is 0 Å². The van der Waals surface area contributed by atoms with Crippen molar-refractivity contribution in [2.75, 3.05) is 6.61 Å². The second-order valence-corrected chi connectivity index (χ2v) is 6.54. The summed E-state index contributed by atoms with van der Waals surface area (Å²) in [6.07, 6.45) is 0.376. The molecule has 116 valence electrons. The standard InChI is InChI=1S/C13H17ClN2O4S/c1-7(2)5-8(16-13(15)19)12(18)20-6-9(17)10-3-4-11(14)21-10/h3-4,7-8H,5-6H2,1-2H3,(H3,15,16,19)/t8-/m0/s1. The summed E-state index contributed by atoms with van der Waals surface area (Å²) < 4.78 is 5.42. The molecule has 0 fully saturated rings. The monoisotopic (exact) mass is 332 g/mol. The van der Waals surface area contributed by atoms with Crippen molar-refractivity contribution >= 4 is 40.7 Å². The maximum absolute atomic E-state index is 11.9. The predicted octanol–water partition coefficient (Wildman–Crippen LogP) is 2.21. The molecule has 0 radical (unpaired) electrons. The Balaban J connectivity index is 2.56. The van der Waals surface area contributed by atoms with Crippen molar-refractivity contribution in [1.29, 1.82) is 0 Å². The fourth-order valence-electron chi connectivity index (χ4n) is 1.63. The number of thiophene rings is 1. The van der Waals surface area contributed by atoms with Gasteiger partial charge in [0, 0.05) is 0 Å². The van der Waals surface area contributed by atoms with Crippen molar-refractivity contribution in [2.45, 2.75) is 26.3 Å². The van der Waals surface area contributed by atoms with Gasteiger partial charge in [-0.15, -0.1) is 11.3 Å². The van der Waals surface area contributed by atoms with E-state index in [1.54, 1.807) is 12.1 Å². The zero-order valence-electron chi connectivity index (χ0n) is 11.7. The number of esters is 1. The molecule has 0 aliphatic heterocycles. The maximum Gasteiger partial charge on any atom is 0.329 e. The number of Topliss-reactive ketones (excluding diaryl/α,β-unsaturated/α-hetero) is 1. The summed E-state index contributed by atoms with van der Waals surface area (Å²) in [5, 5.41) is 2.31. The second-order valence-electron chi connectivity index (χ2n) is 4.83. The van der Waals surface area contributed by atoms with Gasteiger partial charge in [-0.3, -0.25) is 4.79 Å². The van der Waals surface area contributed by atoms with E-state index in [1.807, 2.05) is 13.8 Å². The Morgan fingerprint density at radius 2 is 2.05 bits per heavy atom. The molecule has 0 bridgehead atoms. The molecule has 0 saturated heterocycles. The summed E-state index contributed by atoms with van der Waals surface area (Å²) in [6, 6.07) is 1.49. The van der Waals surface area contributed by atoms with E-state index >= 15 is 0 Å². The third kappa shape index (κ3) is 6.14. The third-order valence-electron chi connectivity index (χ3n) is 2.50. The van der Waals surface area contributed by atoms with Gasteiger partial charge in [-0.05, 0) is 24.5 Å². The number of nitrogens with one attached hydrogen (secondary N) is 1. The number of rotatable bonds is 7. The Kier molecular flexibility index (Phi) is 6.64. The van der Waals surface area contributed by atoms with Crippen LogP contribution in [-0.2, 0) is 9.53 Å². The minimum Gasteiger partial charge on any atom is -0.456 e. The molecular weight excluding hydrogens is 316 g/mol. The van der Waals surface area contributed by atoms with E-state index in [0.717, 1.165) is 11.3 Å². The van der Waals surface area contributed by atoms with E-state index in [0.29, 0.717) is 15.6 Å². The van der Waals surface area contributed by atoms with Crippen molar-refractivity contribution in [3.8, 4) is 0 Å². The topological polar surface area (TPSA) is 98.5 Å². The predicted molar refractivity (Wildman–Crippen MR) is 80.6 cm³/mol. The quantitative estimate of drug-likeness (QED) is 0.590. The molecule has 21 heavy (non-hydrogen) atoms. The minimum atomic E-state index is -0.859. The number of urea groups is 1. The summed E-state index contributed by atoms with van der Waals surface area (Å²) in [5.41, 5.74) is 5.02. The van der Waals surface area contributed by atoms with Crippen LogP contribution in [-0.4, -0.2) is 30.4 Å². The SMILES string of the molecule is CC(C)C[C@H](NC(N)=O)C(=O)OCC(=O)c1ccc(Cl)s1. The number of carbonyl (C=O) groups is 3. The minimum absolute atomic E-state index is 0.154. The number of primary amides is 1. The smallest absolute Gasteiger partial charge is 0.329 e. The van der Waals surface area contributed by atoms with E-state index < -0.39 is 24.6 Å². The van der Waals surface area contributed by atoms with Crippen LogP contribution in [0.1, 0.15) is 29.9 Å². The van der Waals surface area contributed by atoms with E-state index in [2.05, 4.69) is 5.32 Å². The third-order valence-corrected chi connectivity index (χ3v) is 3.77. The zero-order chi connectivity index (χ0) is 16.0. The summed E-state index contributed by atoms with van der Waals surface area (Å²) >= 11 is 6.84. The number of nitrogens with two attached hydrogens (primary N) is 1. The molecule has 1 aromatic heterocycles. The number of halogens is 1. The molecule has 8 heteroatoms. The largest absolute Gasteiger partial charge is 0.456 e. The van der Waals surface area contributed by atoms with Crippen LogP contribution in [0.25, 0.3) is 0 Å². The van der Waals surface area contributed by atoms with Gasteiger partial charge in [0.1, 0.15) is 6.04 Å². The van der Waals surface area contributed by atoms with Crippen LogP contribution >= 0.6 is 22.9 Å². The van der Waals surface area contributed by atoms with Gasteiger partial charge in [0.05, 0.1) is 9.21 Å². The molecule has 3 N–H and O–H groups in total. The van der Waals surface area contributed by atoms with Crippen LogP contribution in [0.4, 0.5) is 4.79 Å². The molecule has 0 spiro atoms. The molecule has 1 atom stereocenters. The zero-order valence-corrected chi connectivity index (χ0v) is 13.3. The number of ether oxygens (including phenoxy) is 1. The fourth-order valence-corrected chi connectivity index (χ4v) is 2.60. The van der Waals surface area contributed by atoms with Gasteiger partial charge in [0.25, 0.3) is 0 Å². The first-order chi connectivity index (χ1) is 9.79. The summed E-state index contributed by atoms with van der Waals surface area (Å²) in [5.74, 6) is -0.873. The number of hydrogen-bond donors (Lipinski definition) is 2. The first-order valence-corrected chi connectivity index (χ1v) is 7.50. The fraction of sp³-hybridized carbons (Fsp3) is 0.462. The normalized spacial score (nSPS) is 12.0. The van der Waals surface area contributed by atoms with Crippen molar-refractivity contribution < 1.29 is 19.1 Å². The van der Waals surface area contributed by atoms with E-state index in [1.165, 1.54) is 0 Å². The maximum atomic E-state index is 11.9. The highest BCUT2D eigenvalue weighted by atomic mass is 35.5. The lowest BCUT2D eigenvalue weighted by Gasteiger charge is -2.17. The highest BCUT2D eigenvalue weighted by Gasteiger charge is 2.23. The number of hydrogen-bond acceptors (Lipinski definition) is 5. The second kappa shape index (κ2) is 7.99. The lowest BCUT2D eigenvalue weighted by molar-refractivity contribution is -0.145. The molecule has 0 aliphatic carbocycles. The Morgan fingerprint density at radius 3 is 2.52 bits per heavy atom. The lowest BCUT2D eigenvalue weighted by atomic mass is 10.0. The molecule has 2 amide bonds. The molecule has 1 rings (SSSR count). The number of amides is 2. The highest BCUT2D eigenvalue weighted by Crippen LogP contribution is 2.21. The summed E-state index contributed by atoms with van der Waals surface area (Å²) in [4.78, 5) is 35.0. The average molecular weight is 333 g/mol. The average Bonchev–Trinajstić information content (AvgIpc) is 2.80. The Hall–Kier alpha value is -1.60. The van der Waals surface area contributed by atoms with Gasteiger partial charge in [-0.25, -0.2) is 9.59 Å². The number of carbonyl (C=O) groups excluding carboxylic acids is 3. The molecule has 1 aromatic rings. The lowest BCUT2D eigenvalue weighted by Crippen LogP contribution is -2.45. The van der Waals surface area contributed by atoms with Crippen LogP contribution in [0.5, 0.6) is 0 Å². The molecule has 0 aromatic carbocycles. The van der Waals surface area contributed by atoms with Crippen LogP contribution < -0.4 is 11.1 Å². The van der Waals surface area contributed by atoms with Crippen LogP contribution in [0.2, 0.25) is 4.34 Å². The first kappa shape index (κ1) is 17.5. The van der Waals surface area contributed by atoms with Gasteiger partial charge >= 0.3 is 12.0 Å². The van der Waals surface area contributed by atoms with Crippen molar-refractivity contribution in [3.63, 3.8) is 0 Å². The molecule has 1 heterocycles. The van der Waals surface area contributed by atoms with Crippen LogP contribution in [0.15, 0.2) is 12.1 Å². The van der Waals surface area contributed by atoms with Crippen molar-refractivity contribution in [2.24, 2.45) is 11.7 Å². The molecule has 0 saturated carbocycles. The van der Waals surface area contributed by atoms with Crippen molar-refractivity contribution in [1.82, 2.24) is 5.32 Å². The van der Waals surface area contributed by atoms with E-state index in [-0.39, 0.29) is 11.7 Å². The van der Waals surface area contributed by atoms with Crippen molar-refractivity contribution in [3.05, 3.63) is 21.3 Å². The highest BCUT2D eigenvalue weighted by molar-refractivity contribution is 7.18. The van der Waals surface area contributed by atoms with Gasteiger partial charge in [0.2, 0.25) is 5.78 Å². The molecular formula is C13H17ClN2O4S. The van der Waals surface area contributed by atoms with Gasteiger partial charge in [-0.2, -0.15) is 0 Å². The van der Waals surface area contributed by atoms with E-state index in [4.69, 9.17) is 22.1 Å².